The molecule has 1 rings (SSSR count). The van der Waals surface area contributed by atoms with Gasteiger partial charge in [0.25, 0.3) is 0 Å². The van der Waals surface area contributed by atoms with Crippen molar-refractivity contribution >= 4 is 12.4 Å². The van der Waals surface area contributed by atoms with Crippen molar-refractivity contribution in [2.45, 2.75) is 18.9 Å². The largest absolute Gasteiger partial charge is 0.330 e. The van der Waals surface area contributed by atoms with Gasteiger partial charge in [0, 0.05) is 11.6 Å². The van der Waals surface area contributed by atoms with Gasteiger partial charge in [-0.3, -0.25) is 0 Å². The van der Waals surface area contributed by atoms with Crippen molar-refractivity contribution in [1.82, 2.24) is 0 Å². The number of benzene rings is 1. The maximum atomic E-state index is 13.2. The number of hydrogen-bond acceptors (Lipinski definition) is 2. The lowest BCUT2D eigenvalue weighted by Gasteiger charge is -2.14. The summed E-state index contributed by atoms with van der Waals surface area (Å²) in [5, 5.41) is 0. The number of rotatable bonds is 4. The van der Waals surface area contributed by atoms with Crippen LogP contribution in [0.3, 0.4) is 0 Å². The van der Waals surface area contributed by atoms with Crippen molar-refractivity contribution in [2.24, 2.45) is 11.5 Å². The topological polar surface area (TPSA) is 52.0 Å². The molecule has 0 radical (unpaired) electrons. The van der Waals surface area contributed by atoms with E-state index in [9.17, 15) is 22.0 Å². The van der Waals surface area contributed by atoms with Gasteiger partial charge in [0.1, 0.15) is 0 Å². The molecule has 4 N–H and O–H groups in total. The molecule has 0 bridgehead atoms. The van der Waals surface area contributed by atoms with Gasteiger partial charge in [-0.15, -0.1) is 12.4 Å². The van der Waals surface area contributed by atoms with Crippen LogP contribution in [0.1, 0.15) is 24.4 Å². The highest BCUT2D eigenvalue weighted by Crippen LogP contribution is 2.28. The molecule has 104 valence electrons. The molecule has 0 aliphatic heterocycles. The van der Waals surface area contributed by atoms with Crippen LogP contribution >= 0.6 is 12.4 Å². The maximum Gasteiger partial charge on any atom is 0.200 e. The summed E-state index contributed by atoms with van der Waals surface area (Å²) in [5.74, 6) is -9.92. The van der Waals surface area contributed by atoms with Crippen LogP contribution in [0.2, 0.25) is 0 Å². The van der Waals surface area contributed by atoms with Crippen molar-refractivity contribution in [1.29, 1.82) is 0 Å². The molecule has 0 aliphatic carbocycles. The number of nitrogens with two attached hydrogens (primary N) is 2. The van der Waals surface area contributed by atoms with E-state index in [4.69, 9.17) is 11.5 Å². The van der Waals surface area contributed by atoms with E-state index in [0.29, 0.717) is 6.42 Å². The van der Waals surface area contributed by atoms with E-state index < -0.39 is 40.7 Å². The molecule has 0 saturated heterocycles. The Hall–Kier alpha value is -0.920. The molecule has 0 saturated carbocycles. The number of halogens is 6. The lowest BCUT2D eigenvalue weighted by molar-refractivity contribution is 0.361. The lowest BCUT2D eigenvalue weighted by Crippen LogP contribution is -2.19. The molecule has 18 heavy (non-hydrogen) atoms. The maximum absolute atomic E-state index is 13.2. The summed E-state index contributed by atoms with van der Waals surface area (Å²) < 4.78 is 64.9. The molecule has 2 nitrogen and oxygen atoms in total. The van der Waals surface area contributed by atoms with E-state index in [1.165, 1.54) is 0 Å². The third kappa shape index (κ3) is 3.09. The SMILES string of the molecule is Cl.NCCC[C@@H](N)c1c(F)c(F)c(F)c(F)c1F. The molecule has 0 spiro atoms. The first-order valence-corrected chi connectivity index (χ1v) is 4.88. The van der Waals surface area contributed by atoms with Crippen LogP contribution in [0, 0.1) is 29.1 Å². The van der Waals surface area contributed by atoms with Crippen molar-refractivity contribution in [2.75, 3.05) is 6.54 Å². The third-order valence-electron chi connectivity index (χ3n) is 2.33. The van der Waals surface area contributed by atoms with Crippen molar-refractivity contribution in [3.05, 3.63) is 34.6 Å². The fourth-order valence-electron chi connectivity index (χ4n) is 1.43. The van der Waals surface area contributed by atoms with Crippen LogP contribution in [0.4, 0.5) is 22.0 Å². The van der Waals surface area contributed by atoms with Crippen LogP contribution in [0.25, 0.3) is 0 Å². The Kier molecular flexibility index (Phi) is 6.51. The van der Waals surface area contributed by atoms with Gasteiger partial charge < -0.3 is 11.5 Å². The van der Waals surface area contributed by atoms with Gasteiger partial charge in [-0.25, -0.2) is 22.0 Å². The molecule has 0 aliphatic rings. The van der Waals surface area contributed by atoms with Gasteiger partial charge in [0.2, 0.25) is 5.82 Å². The summed E-state index contributed by atoms with van der Waals surface area (Å²) in [4.78, 5) is 0. The Labute approximate surface area is 107 Å². The molecule has 0 fully saturated rings. The fourth-order valence-corrected chi connectivity index (χ4v) is 1.43. The highest BCUT2D eigenvalue weighted by molar-refractivity contribution is 5.85. The Balaban J connectivity index is 0.00000289. The molecule has 0 unspecified atom stereocenters. The minimum Gasteiger partial charge on any atom is -0.330 e. The van der Waals surface area contributed by atoms with Crippen LogP contribution in [0.15, 0.2) is 0 Å². The van der Waals surface area contributed by atoms with Gasteiger partial charge in [0.15, 0.2) is 23.3 Å². The van der Waals surface area contributed by atoms with Crippen LogP contribution < -0.4 is 11.5 Å². The van der Waals surface area contributed by atoms with Gasteiger partial charge in [-0.1, -0.05) is 0 Å². The van der Waals surface area contributed by atoms with Crippen molar-refractivity contribution in [3.8, 4) is 0 Å². The monoisotopic (exact) mass is 290 g/mol. The van der Waals surface area contributed by atoms with Gasteiger partial charge in [-0.2, -0.15) is 0 Å². The van der Waals surface area contributed by atoms with Gasteiger partial charge >= 0.3 is 0 Å². The van der Waals surface area contributed by atoms with E-state index in [0.717, 1.165) is 0 Å². The highest BCUT2D eigenvalue weighted by Gasteiger charge is 2.28. The molecule has 1 atom stereocenters. The zero-order valence-electron chi connectivity index (χ0n) is 9.15. The molecule has 8 heteroatoms. The second-order valence-electron chi connectivity index (χ2n) is 3.52. The predicted octanol–water partition coefficient (Wildman–Crippen LogP) is 2.54. The van der Waals surface area contributed by atoms with Crippen molar-refractivity contribution < 1.29 is 22.0 Å². The normalized spacial score (nSPS) is 12.2. The Bertz CT molecular complexity index is 398. The quantitative estimate of drug-likeness (QED) is 0.509. The van der Waals surface area contributed by atoms with E-state index in [2.05, 4.69) is 0 Å². The van der Waals surface area contributed by atoms with Gasteiger partial charge in [-0.05, 0) is 19.4 Å². The molecule has 1 aromatic carbocycles. The van der Waals surface area contributed by atoms with E-state index in [-0.39, 0.29) is 25.4 Å². The van der Waals surface area contributed by atoms with E-state index >= 15 is 0 Å². The average molecular weight is 291 g/mol. The van der Waals surface area contributed by atoms with Crippen molar-refractivity contribution in [3.63, 3.8) is 0 Å². The summed E-state index contributed by atoms with van der Waals surface area (Å²) in [7, 11) is 0. The smallest absolute Gasteiger partial charge is 0.200 e. The van der Waals surface area contributed by atoms with Crippen LogP contribution in [0.5, 0.6) is 0 Å². The predicted molar refractivity (Wildman–Crippen MR) is 58.7 cm³/mol. The van der Waals surface area contributed by atoms with Crippen LogP contribution in [-0.2, 0) is 0 Å². The standard InChI is InChI=1S/C10H11F5N2.ClH/c11-6-5(4(17)2-1-3-16)7(12)9(14)10(15)8(6)13;/h4H,1-3,16-17H2;1H/t4-;/m1./s1. The summed E-state index contributed by atoms with van der Waals surface area (Å²) in [6.45, 7) is 0.211. The molecule has 0 aromatic heterocycles. The summed E-state index contributed by atoms with van der Waals surface area (Å²) >= 11 is 0. The second kappa shape index (κ2) is 6.86. The molecule has 0 heterocycles. The summed E-state index contributed by atoms with van der Waals surface area (Å²) in [6.07, 6.45) is 0.357. The number of hydrogen-bond donors (Lipinski definition) is 2. The summed E-state index contributed by atoms with van der Waals surface area (Å²) in [5.41, 5.74) is 9.55. The Morgan fingerprint density at radius 2 is 1.22 bits per heavy atom. The third-order valence-corrected chi connectivity index (χ3v) is 2.33. The fraction of sp³-hybridized carbons (Fsp3) is 0.400. The lowest BCUT2D eigenvalue weighted by atomic mass is 10.0. The zero-order valence-corrected chi connectivity index (χ0v) is 9.97. The first-order chi connectivity index (χ1) is 7.91. The second-order valence-corrected chi connectivity index (χ2v) is 3.52. The minimum absolute atomic E-state index is 0. The first kappa shape index (κ1) is 17.1. The molecule has 1 aromatic rings. The average Bonchev–Trinajstić information content (AvgIpc) is 2.31. The van der Waals surface area contributed by atoms with E-state index in [1.54, 1.807) is 0 Å². The minimum atomic E-state index is -2.19. The van der Waals surface area contributed by atoms with Gasteiger partial charge in [0.05, 0.1) is 0 Å². The summed E-state index contributed by atoms with van der Waals surface area (Å²) in [6, 6.07) is -1.27. The molecular weight excluding hydrogens is 279 g/mol. The molecule has 0 amide bonds. The first-order valence-electron chi connectivity index (χ1n) is 4.88. The Morgan fingerprint density at radius 1 is 0.833 bits per heavy atom. The molecular formula is C10H12ClF5N2. The Morgan fingerprint density at radius 3 is 1.61 bits per heavy atom. The zero-order chi connectivity index (χ0) is 13.2. The van der Waals surface area contributed by atoms with Crippen LogP contribution in [-0.4, -0.2) is 6.54 Å². The van der Waals surface area contributed by atoms with E-state index in [1.807, 2.05) is 0 Å². The highest BCUT2D eigenvalue weighted by atomic mass is 35.5.